The van der Waals surface area contributed by atoms with Crippen molar-refractivity contribution in [3.63, 3.8) is 0 Å². The maximum atomic E-state index is 12.1. The molecule has 100 valence electrons. The monoisotopic (exact) mass is 312 g/mol. The van der Waals surface area contributed by atoms with Gasteiger partial charge in [0.1, 0.15) is 4.21 Å². The molecular weight excluding hydrogens is 304 g/mol. The van der Waals surface area contributed by atoms with Gasteiger partial charge in [0.15, 0.2) is 4.34 Å². The number of sulfonamides is 1. The van der Waals surface area contributed by atoms with Crippen molar-refractivity contribution in [2.45, 2.75) is 16.7 Å². The molecule has 0 saturated carbocycles. The number of nitrogens with zero attached hydrogens (tertiary/aromatic N) is 2. The van der Waals surface area contributed by atoms with Crippen molar-refractivity contribution in [2.75, 3.05) is 13.1 Å². The Kier molecular flexibility index (Phi) is 3.60. The molecule has 1 N–H and O–H groups in total. The minimum atomic E-state index is -3.80. The van der Waals surface area contributed by atoms with Gasteiger partial charge in [-0.1, -0.05) is 11.6 Å². The second-order valence-electron chi connectivity index (χ2n) is 3.79. The summed E-state index contributed by atoms with van der Waals surface area (Å²) in [4.78, 5) is 9.89. The van der Waals surface area contributed by atoms with E-state index in [1.54, 1.807) is 0 Å². The highest BCUT2D eigenvalue weighted by molar-refractivity contribution is 7.91. The van der Waals surface area contributed by atoms with Crippen molar-refractivity contribution < 1.29 is 18.4 Å². The van der Waals surface area contributed by atoms with Gasteiger partial charge in [0.25, 0.3) is 15.7 Å². The van der Waals surface area contributed by atoms with E-state index in [1.807, 2.05) is 0 Å². The molecule has 0 aromatic carbocycles. The van der Waals surface area contributed by atoms with E-state index in [0.717, 1.165) is 10.4 Å². The lowest BCUT2D eigenvalue weighted by atomic mass is 10.3. The Balaban J connectivity index is 2.36. The van der Waals surface area contributed by atoms with E-state index < -0.39 is 26.7 Å². The molecule has 1 aromatic heterocycles. The molecule has 0 amide bonds. The van der Waals surface area contributed by atoms with Gasteiger partial charge in [-0.3, -0.25) is 10.1 Å². The van der Waals surface area contributed by atoms with Crippen LogP contribution in [0.3, 0.4) is 0 Å². The zero-order chi connectivity index (χ0) is 13.5. The van der Waals surface area contributed by atoms with Gasteiger partial charge in [-0.05, 0) is 6.42 Å². The number of β-amino-alcohol motifs (C(OH)–C–C–N with tert-alkyl or cyclic N) is 1. The number of halogens is 1. The lowest BCUT2D eigenvalue weighted by molar-refractivity contribution is -0.384. The number of nitro groups is 1. The summed E-state index contributed by atoms with van der Waals surface area (Å²) in [5.74, 6) is 0. The summed E-state index contributed by atoms with van der Waals surface area (Å²) in [5, 5.41) is 19.9. The Morgan fingerprint density at radius 2 is 2.28 bits per heavy atom. The van der Waals surface area contributed by atoms with Gasteiger partial charge in [-0.25, -0.2) is 8.42 Å². The van der Waals surface area contributed by atoms with Crippen LogP contribution >= 0.6 is 22.9 Å². The van der Waals surface area contributed by atoms with Crippen LogP contribution in [-0.4, -0.2) is 41.9 Å². The van der Waals surface area contributed by atoms with Gasteiger partial charge in [0.05, 0.1) is 11.0 Å². The molecule has 1 aliphatic heterocycles. The quantitative estimate of drug-likeness (QED) is 0.664. The highest BCUT2D eigenvalue weighted by Crippen LogP contribution is 2.38. The molecule has 7 nitrogen and oxygen atoms in total. The van der Waals surface area contributed by atoms with Crippen LogP contribution in [0, 0.1) is 10.1 Å². The van der Waals surface area contributed by atoms with Crippen molar-refractivity contribution >= 4 is 38.6 Å². The number of aliphatic hydroxyl groups is 1. The Morgan fingerprint density at radius 1 is 1.61 bits per heavy atom. The number of thiophene rings is 1. The number of hydrogen-bond donors (Lipinski definition) is 1. The third kappa shape index (κ3) is 2.36. The average molecular weight is 313 g/mol. The SMILES string of the molecule is O=[N+]([O-])c1cc(S(=O)(=O)N2CC[C@H](O)C2)sc1Cl. The second kappa shape index (κ2) is 4.74. The number of hydrogen-bond acceptors (Lipinski definition) is 6. The number of aliphatic hydroxyl groups excluding tert-OH is 1. The fourth-order valence-corrected chi connectivity index (χ4v) is 4.96. The zero-order valence-corrected chi connectivity index (χ0v) is 11.3. The fourth-order valence-electron chi connectivity index (χ4n) is 1.65. The summed E-state index contributed by atoms with van der Waals surface area (Å²) >= 11 is 6.28. The first-order chi connectivity index (χ1) is 8.32. The Labute approximate surface area is 112 Å². The molecule has 0 unspecified atom stereocenters. The van der Waals surface area contributed by atoms with Gasteiger partial charge >= 0.3 is 0 Å². The van der Waals surface area contributed by atoms with E-state index in [1.165, 1.54) is 0 Å². The molecule has 2 heterocycles. The molecule has 1 atom stereocenters. The average Bonchev–Trinajstić information content (AvgIpc) is 2.84. The summed E-state index contributed by atoms with van der Waals surface area (Å²) in [6.45, 7) is 0.207. The number of rotatable bonds is 3. The van der Waals surface area contributed by atoms with Gasteiger partial charge in [0, 0.05) is 19.2 Å². The summed E-state index contributed by atoms with van der Waals surface area (Å²) < 4.78 is 25.0. The molecule has 0 spiro atoms. The van der Waals surface area contributed by atoms with Crippen LogP contribution in [-0.2, 0) is 10.0 Å². The van der Waals surface area contributed by atoms with Crippen molar-refractivity contribution in [1.29, 1.82) is 0 Å². The van der Waals surface area contributed by atoms with Gasteiger partial charge in [-0.15, -0.1) is 11.3 Å². The largest absolute Gasteiger partial charge is 0.392 e. The Hall–Kier alpha value is -0.740. The normalized spacial score (nSPS) is 21.3. The molecule has 1 fully saturated rings. The summed E-state index contributed by atoms with van der Waals surface area (Å²) in [6, 6.07) is 0.951. The lowest BCUT2D eigenvalue weighted by Crippen LogP contribution is -2.29. The standard InChI is InChI=1S/C8H9ClN2O5S2/c9-8-6(11(13)14)3-7(17-8)18(15,16)10-2-1-5(12)4-10/h3,5,12H,1-2,4H2/t5-/m0/s1. The summed E-state index contributed by atoms with van der Waals surface area (Å²) in [6.07, 6.45) is -0.328. The van der Waals surface area contributed by atoms with Gasteiger partial charge in [0.2, 0.25) is 0 Å². The summed E-state index contributed by atoms with van der Waals surface area (Å²) in [7, 11) is -3.80. The highest BCUT2D eigenvalue weighted by atomic mass is 35.5. The predicted octanol–water partition coefficient (Wildman–Crippen LogP) is 1.07. The fraction of sp³-hybridized carbons (Fsp3) is 0.500. The van der Waals surface area contributed by atoms with Crippen molar-refractivity contribution in [1.82, 2.24) is 4.31 Å². The van der Waals surface area contributed by atoms with Gasteiger partial charge in [-0.2, -0.15) is 4.31 Å². The highest BCUT2D eigenvalue weighted by Gasteiger charge is 2.34. The van der Waals surface area contributed by atoms with Crippen molar-refractivity contribution in [2.24, 2.45) is 0 Å². The first kappa shape index (κ1) is 13.7. The third-order valence-electron chi connectivity index (χ3n) is 2.56. The molecule has 0 aliphatic carbocycles. The van der Waals surface area contributed by atoms with Crippen LogP contribution in [0.5, 0.6) is 0 Å². The van der Waals surface area contributed by atoms with Crippen LogP contribution in [0.2, 0.25) is 4.34 Å². The van der Waals surface area contributed by atoms with E-state index >= 15 is 0 Å². The Bertz CT molecular complexity index is 584. The maximum Gasteiger partial charge on any atom is 0.300 e. The third-order valence-corrected chi connectivity index (χ3v) is 6.22. The van der Waals surface area contributed by atoms with Crippen LogP contribution in [0.25, 0.3) is 0 Å². The summed E-state index contributed by atoms with van der Waals surface area (Å²) in [5.41, 5.74) is -0.417. The van der Waals surface area contributed by atoms with Crippen LogP contribution in [0.4, 0.5) is 5.69 Å². The van der Waals surface area contributed by atoms with Gasteiger partial charge < -0.3 is 5.11 Å². The smallest absolute Gasteiger partial charge is 0.300 e. The van der Waals surface area contributed by atoms with E-state index in [9.17, 15) is 23.6 Å². The zero-order valence-electron chi connectivity index (χ0n) is 8.95. The minimum Gasteiger partial charge on any atom is -0.392 e. The molecule has 1 aromatic rings. The minimum absolute atomic E-state index is 0.00561. The molecule has 1 aliphatic rings. The van der Waals surface area contributed by atoms with Crippen LogP contribution in [0.1, 0.15) is 6.42 Å². The van der Waals surface area contributed by atoms with E-state index in [4.69, 9.17) is 11.6 Å². The molecular formula is C8H9ClN2O5S2. The Morgan fingerprint density at radius 3 is 2.72 bits per heavy atom. The first-order valence-electron chi connectivity index (χ1n) is 4.94. The molecule has 10 heteroatoms. The van der Waals surface area contributed by atoms with Crippen molar-refractivity contribution in [3.05, 3.63) is 20.5 Å². The molecule has 0 radical (unpaired) electrons. The van der Waals surface area contributed by atoms with E-state index in [-0.39, 0.29) is 21.6 Å². The van der Waals surface area contributed by atoms with Crippen LogP contribution in [0.15, 0.2) is 10.3 Å². The molecule has 1 saturated heterocycles. The molecule has 2 rings (SSSR count). The van der Waals surface area contributed by atoms with E-state index in [2.05, 4.69) is 0 Å². The molecule has 0 bridgehead atoms. The second-order valence-corrected chi connectivity index (χ2v) is 7.61. The molecule has 18 heavy (non-hydrogen) atoms. The maximum absolute atomic E-state index is 12.1. The predicted molar refractivity (Wildman–Crippen MR) is 65.4 cm³/mol. The van der Waals surface area contributed by atoms with E-state index in [0.29, 0.717) is 17.8 Å². The topological polar surface area (TPSA) is 101 Å². The lowest BCUT2D eigenvalue weighted by Gasteiger charge is -2.13. The van der Waals surface area contributed by atoms with Crippen molar-refractivity contribution in [3.8, 4) is 0 Å². The van der Waals surface area contributed by atoms with Crippen LogP contribution < -0.4 is 0 Å². The first-order valence-corrected chi connectivity index (χ1v) is 7.58.